The van der Waals surface area contributed by atoms with E-state index in [4.69, 9.17) is 0 Å². The standard InChI is InChI=1S/C8H14.Al.3H/c1-2-8-6-4-3-5-7-8;;;;/h3-4,8H,2,5-7H2,1H3;;;;. The van der Waals surface area contributed by atoms with Gasteiger partial charge in [-0.3, -0.25) is 0 Å². The van der Waals surface area contributed by atoms with Gasteiger partial charge in [-0.1, -0.05) is 25.5 Å². The molecule has 0 heterocycles. The van der Waals surface area contributed by atoms with Crippen LogP contribution in [0.4, 0.5) is 0 Å². The maximum atomic E-state index is 2.32. The van der Waals surface area contributed by atoms with Gasteiger partial charge in [-0.25, -0.2) is 0 Å². The van der Waals surface area contributed by atoms with Crippen molar-refractivity contribution < 1.29 is 0 Å². The average Bonchev–Trinajstić information content (AvgIpc) is 1.90. The molecular weight excluding hydrogens is 123 g/mol. The molecule has 1 rings (SSSR count). The SMILES string of the molecule is CCC1CC=CCC1.[AlH3]. The maximum Gasteiger partial charge on any atom is 0.187 e. The first kappa shape index (κ1) is 9.27. The van der Waals surface area contributed by atoms with Crippen LogP contribution in [-0.4, -0.2) is 17.4 Å². The fourth-order valence-corrected chi connectivity index (χ4v) is 1.23. The van der Waals surface area contributed by atoms with Crippen LogP contribution < -0.4 is 0 Å². The van der Waals surface area contributed by atoms with Crippen molar-refractivity contribution in [2.75, 3.05) is 0 Å². The molecule has 0 spiro atoms. The minimum Gasteiger partial charge on any atom is -0.0885 e. The van der Waals surface area contributed by atoms with Gasteiger partial charge in [0.2, 0.25) is 0 Å². The zero-order valence-corrected chi connectivity index (χ0v) is 5.56. The predicted octanol–water partition coefficient (Wildman–Crippen LogP) is 1.57. The third kappa shape index (κ3) is 3.08. The van der Waals surface area contributed by atoms with E-state index >= 15 is 0 Å². The molecule has 52 valence electrons. The van der Waals surface area contributed by atoms with Crippen molar-refractivity contribution in [2.24, 2.45) is 5.92 Å². The van der Waals surface area contributed by atoms with Crippen LogP contribution in [-0.2, 0) is 0 Å². The molecule has 0 radical (unpaired) electrons. The quantitative estimate of drug-likeness (QED) is 0.383. The summed E-state index contributed by atoms with van der Waals surface area (Å²) in [6.07, 6.45) is 10.1. The van der Waals surface area contributed by atoms with Gasteiger partial charge in [0.25, 0.3) is 0 Å². The summed E-state index contributed by atoms with van der Waals surface area (Å²) in [5, 5.41) is 0. The monoisotopic (exact) mass is 140 g/mol. The maximum absolute atomic E-state index is 2.32. The van der Waals surface area contributed by atoms with Crippen LogP contribution in [0.1, 0.15) is 32.6 Å². The first-order chi connectivity index (χ1) is 3.93. The van der Waals surface area contributed by atoms with Crippen LogP contribution >= 0.6 is 0 Å². The summed E-state index contributed by atoms with van der Waals surface area (Å²) in [5.74, 6) is 1.000. The van der Waals surface area contributed by atoms with Gasteiger partial charge in [-0.2, -0.15) is 0 Å². The van der Waals surface area contributed by atoms with Crippen LogP contribution in [0.25, 0.3) is 0 Å². The minimum absolute atomic E-state index is 0. The Morgan fingerprint density at radius 2 is 2.22 bits per heavy atom. The fourth-order valence-electron chi connectivity index (χ4n) is 1.23. The van der Waals surface area contributed by atoms with E-state index < -0.39 is 0 Å². The molecule has 0 aromatic carbocycles. The first-order valence-electron chi connectivity index (χ1n) is 3.58. The summed E-state index contributed by atoms with van der Waals surface area (Å²) >= 11 is 0. The molecule has 1 aliphatic rings. The highest BCUT2D eigenvalue weighted by molar-refractivity contribution is 5.75. The van der Waals surface area contributed by atoms with Crippen molar-refractivity contribution in [2.45, 2.75) is 32.6 Å². The van der Waals surface area contributed by atoms with Crippen molar-refractivity contribution in [3.63, 3.8) is 0 Å². The Balaban J connectivity index is 0.000000640. The second-order valence-corrected chi connectivity index (χ2v) is 2.56. The van der Waals surface area contributed by atoms with E-state index in [2.05, 4.69) is 19.1 Å². The minimum atomic E-state index is 0. The van der Waals surface area contributed by atoms with Crippen LogP contribution in [0, 0.1) is 5.92 Å². The topological polar surface area (TPSA) is 0 Å². The Labute approximate surface area is 68.5 Å². The second kappa shape index (κ2) is 5.09. The zero-order valence-electron chi connectivity index (χ0n) is 5.56. The highest BCUT2D eigenvalue weighted by Crippen LogP contribution is 2.20. The molecule has 1 unspecified atom stereocenters. The van der Waals surface area contributed by atoms with Crippen molar-refractivity contribution in [1.82, 2.24) is 0 Å². The van der Waals surface area contributed by atoms with E-state index in [1.54, 1.807) is 0 Å². The molecule has 1 atom stereocenters. The van der Waals surface area contributed by atoms with E-state index in [0.717, 1.165) is 5.92 Å². The Bertz CT molecular complexity index is 86.6. The molecule has 0 fully saturated rings. The first-order valence-corrected chi connectivity index (χ1v) is 3.58. The molecule has 0 aromatic heterocycles. The molecule has 0 amide bonds. The molecule has 1 aliphatic carbocycles. The van der Waals surface area contributed by atoms with Crippen molar-refractivity contribution >= 4 is 17.4 Å². The average molecular weight is 140 g/mol. The number of allylic oxidation sites excluding steroid dienone is 2. The van der Waals surface area contributed by atoms with Crippen molar-refractivity contribution in [3.05, 3.63) is 12.2 Å². The smallest absolute Gasteiger partial charge is 0.0885 e. The van der Waals surface area contributed by atoms with Gasteiger partial charge in [0, 0.05) is 0 Å². The molecule has 0 nitrogen and oxygen atoms in total. The highest BCUT2D eigenvalue weighted by Gasteiger charge is 2.04. The summed E-state index contributed by atoms with van der Waals surface area (Å²) in [6.45, 7) is 2.28. The number of hydrogen-bond acceptors (Lipinski definition) is 0. The molecule has 0 N–H and O–H groups in total. The molecule has 0 aliphatic heterocycles. The molecule has 0 saturated heterocycles. The van der Waals surface area contributed by atoms with Gasteiger partial charge in [0.1, 0.15) is 0 Å². The van der Waals surface area contributed by atoms with Gasteiger partial charge in [-0.15, -0.1) is 0 Å². The third-order valence-electron chi connectivity index (χ3n) is 1.96. The Kier molecular flexibility index (Phi) is 5.24. The summed E-state index contributed by atoms with van der Waals surface area (Å²) in [6, 6.07) is 0. The van der Waals surface area contributed by atoms with Crippen molar-refractivity contribution in [1.29, 1.82) is 0 Å². The van der Waals surface area contributed by atoms with Gasteiger partial charge in [0.15, 0.2) is 17.4 Å². The molecule has 9 heavy (non-hydrogen) atoms. The van der Waals surface area contributed by atoms with Gasteiger partial charge < -0.3 is 0 Å². The lowest BCUT2D eigenvalue weighted by Crippen LogP contribution is -1.99. The van der Waals surface area contributed by atoms with Gasteiger partial charge >= 0.3 is 0 Å². The lowest BCUT2D eigenvalue weighted by Gasteiger charge is -2.13. The van der Waals surface area contributed by atoms with E-state index in [-0.39, 0.29) is 17.4 Å². The van der Waals surface area contributed by atoms with E-state index in [1.807, 2.05) is 0 Å². The number of hydrogen-bond donors (Lipinski definition) is 0. The van der Waals surface area contributed by atoms with E-state index in [1.165, 1.54) is 25.7 Å². The lowest BCUT2D eigenvalue weighted by molar-refractivity contribution is 0.465. The van der Waals surface area contributed by atoms with Gasteiger partial charge in [0.05, 0.1) is 0 Å². The third-order valence-corrected chi connectivity index (χ3v) is 1.96. The van der Waals surface area contributed by atoms with Crippen LogP contribution in [0.15, 0.2) is 12.2 Å². The van der Waals surface area contributed by atoms with Crippen LogP contribution in [0.2, 0.25) is 0 Å². The predicted molar refractivity (Wildman–Crippen MR) is 46.7 cm³/mol. The molecular formula is C8H17Al. The van der Waals surface area contributed by atoms with Crippen LogP contribution in [0.5, 0.6) is 0 Å². The lowest BCUT2D eigenvalue weighted by atomic mass is 9.92. The Morgan fingerprint density at radius 3 is 2.56 bits per heavy atom. The summed E-state index contributed by atoms with van der Waals surface area (Å²) in [7, 11) is 0. The summed E-state index contributed by atoms with van der Waals surface area (Å²) in [5.41, 5.74) is 0. The number of rotatable bonds is 1. The highest BCUT2D eigenvalue weighted by atomic mass is 27.0. The summed E-state index contributed by atoms with van der Waals surface area (Å²) in [4.78, 5) is 0. The van der Waals surface area contributed by atoms with Crippen molar-refractivity contribution in [3.8, 4) is 0 Å². The molecule has 0 aromatic rings. The zero-order chi connectivity index (χ0) is 5.82. The normalized spacial score (nSPS) is 25.2. The van der Waals surface area contributed by atoms with Crippen LogP contribution in [0.3, 0.4) is 0 Å². The Hall–Kier alpha value is 0.272. The molecule has 0 saturated carbocycles. The van der Waals surface area contributed by atoms with Gasteiger partial charge in [-0.05, 0) is 25.2 Å². The largest absolute Gasteiger partial charge is 0.187 e. The second-order valence-electron chi connectivity index (χ2n) is 2.56. The summed E-state index contributed by atoms with van der Waals surface area (Å²) < 4.78 is 0. The Morgan fingerprint density at radius 1 is 1.44 bits per heavy atom. The van der Waals surface area contributed by atoms with E-state index in [0.29, 0.717) is 0 Å². The fraction of sp³-hybridized carbons (Fsp3) is 0.750. The van der Waals surface area contributed by atoms with E-state index in [9.17, 15) is 0 Å². The molecule has 1 heteroatoms. The molecule has 0 bridgehead atoms.